The Morgan fingerprint density at radius 2 is 2.10 bits per heavy atom. The molecule has 0 aliphatic rings. The number of pyridine rings is 1. The highest BCUT2D eigenvalue weighted by Gasteiger charge is 2.13. The van der Waals surface area contributed by atoms with Crippen molar-refractivity contribution in [3.63, 3.8) is 0 Å². The highest BCUT2D eigenvalue weighted by molar-refractivity contribution is 5.80. The summed E-state index contributed by atoms with van der Waals surface area (Å²) in [5.74, 6) is 0.488. The third kappa shape index (κ3) is 2.06. The lowest BCUT2D eigenvalue weighted by atomic mass is 10.2. The lowest BCUT2D eigenvalue weighted by Gasteiger charge is -2.06. The Kier molecular flexibility index (Phi) is 3.20. The summed E-state index contributed by atoms with van der Waals surface area (Å²) in [5.41, 5.74) is 8.86. The molecular formula is C15H15FN4. The molecule has 2 heterocycles. The SMILES string of the molecule is CCn1c(-c2ccc(CN)cn2)nc2ccc(F)cc21. The van der Waals surface area contributed by atoms with Crippen LogP contribution >= 0.6 is 0 Å². The molecule has 0 atom stereocenters. The van der Waals surface area contributed by atoms with Crippen molar-refractivity contribution in [1.82, 2.24) is 14.5 Å². The minimum atomic E-state index is -0.259. The van der Waals surface area contributed by atoms with Crippen LogP contribution in [-0.4, -0.2) is 14.5 Å². The molecular weight excluding hydrogens is 255 g/mol. The van der Waals surface area contributed by atoms with Gasteiger partial charge < -0.3 is 10.3 Å². The van der Waals surface area contributed by atoms with Gasteiger partial charge in [0, 0.05) is 19.3 Å². The van der Waals surface area contributed by atoms with Crippen LogP contribution in [0.5, 0.6) is 0 Å². The number of nitrogens with zero attached hydrogens (tertiary/aromatic N) is 3. The maximum Gasteiger partial charge on any atom is 0.159 e. The van der Waals surface area contributed by atoms with E-state index < -0.39 is 0 Å². The summed E-state index contributed by atoms with van der Waals surface area (Å²) >= 11 is 0. The Morgan fingerprint density at radius 3 is 2.75 bits per heavy atom. The first-order valence-electron chi connectivity index (χ1n) is 6.54. The topological polar surface area (TPSA) is 56.7 Å². The van der Waals surface area contributed by atoms with Crippen LogP contribution in [0.15, 0.2) is 36.5 Å². The monoisotopic (exact) mass is 270 g/mol. The first-order valence-corrected chi connectivity index (χ1v) is 6.54. The molecule has 2 aromatic heterocycles. The van der Waals surface area contributed by atoms with E-state index >= 15 is 0 Å². The summed E-state index contributed by atoms with van der Waals surface area (Å²) in [7, 11) is 0. The molecule has 0 aliphatic carbocycles. The zero-order valence-electron chi connectivity index (χ0n) is 11.2. The van der Waals surface area contributed by atoms with Crippen LogP contribution in [0.25, 0.3) is 22.6 Å². The Balaban J connectivity index is 2.19. The molecule has 2 N–H and O–H groups in total. The molecule has 20 heavy (non-hydrogen) atoms. The van der Waals surface area contributed by atoms with E-state index in [-0.39, 0.29) is 5.82 Å². The molecule has 3 rings (SSSR count). The third-order valence-electron chi connectivity index (χ3n) is 3.32. The summed E-state index contributed by atoms with van der Waals surface area (Å²) in [4.78, 5) is 8.94. The van der Waals surface area contributed by atoms with Crippen LogP contribution in [0, 0.1) is 5.82 Å². The fourth-order valence-electron chi connectivity index (χ4n) is 2.29. The van der Waals surface area contributed by atoms with E-state index in [2.05, 4.69) is 9.97 Å². The first kappa shape index (κ1) is 12.7. The van der Waals surface area contributed by atoms with Crippen molar-refractivity contribution in [2.24, 2.45) is 5.73 Å². The van der Waals surface area contributed by atoms with Gasteiger partial charge in [-0.15, -0.1) is 0 Å². The molecule has 3 aromatic rings. The van der Waals surface area contributed by atoms with Gasteiger partial charge in [-0.2, -0.15) is 0 Å². The van der Waals surface area contributed by atoms with Crippen molar-refractivity contribution in [2.45, 2.75) is 20.0 Å². The zero-order valence-corrected chi connectivity index (χ0v) is 11.2. The fourth-order valence-corrected chi connectivity index (χ4v) is 2.29. The minimum Gasteiger partial charge on any atom is -0.326 e. The Bertz CT molecular complexity index is 746. The van der Waals surface area contributed by atoms with Crippen molar-refractivity contribution in [3.8, 4) is 11.5 Å². The Hall–Kier alpha value is -2.27. The quantitative estimate of drug-likeness (QED) is 0.796. The number of aryl methyl sites for hydroxylation is 1. The first-order chi connectivity index (χ1) is 9.72. The number of imidazole rings is 1. The van der Waals surface area contributed by atoms with Crippen molar-refractivity contribution in [3.05, 3.63) is 47.9 Å². The van der Waals surface area contributed by atoms with Gasteiger partial charge in [-0.05, 0) is 36.8 Å². The van der Waals surface area contributed by atoms with Gasteiger partial charge >= 0.3 is 0 Å². The summed E-state index contributed by atoms with van der Waals surface area (Å²) < 4.78 is 15.4. The Morgan fingerprint density at radius 1 is 1.25 bits per heavy atom. The smallest absolute Gasteiger partial charge is 0.159 e. The predicted octanol–water partition coefficient (Wildman–Crippen LogP) is 2.72. The number of halogens is 1. The molecule has 5 heteroatoms. The molecule has 4 nitrogen and oxygen atoms in total. The molecule has 0 spiro atoms. The van der Waals surface area contributed by atoms with Gasteiger partial charge in [-0.25, -0.2) is 9.37 Å². The van der Waals surface area contributed by atoms with Crippen molar-refractivity contribution in [2.75, 3.05) is 0 Å². The van der Waals surface area contributed by atoms with Crippen LogP contribution in [0.2, 0.25) is 0 Å². The zero-order chi connectivity index (χ0) is 14.1. The van der Waals surface area contributed by atoms with Crippen LogP contribution in [0.1, 0.15) is 12.5 Å². The van der Waals surface area contributed by atoms with Crippen LogP contribution in [-0.2, 0) is 13.1 Å². The standard InChI is InChI=1S/C15H15FN4/c1-2-20-14-7-11(16)4-6-12(14)19-15(20)13-5-3-10(8-17)9-18-13/h3-7,9H,2,8,17H2,1H3. The van der Waals surface area contributed by atoms with Crippen LogP contribution < -0.4 is 5.73 Å². The molecule has 102 valence electrons. The van der Waals surface area contributed by atoms with Gasteiger partial charge in [0.2, 0.25) is 0 Å². The molecule has 0 saturated carbocycles. The lowest BCUT2D eigenvalue weighted by molar-refractivity contribution is 0.628. The van der Waals surface area contributed by atoms with Crippen molar-refractivity contribution >= 4 is 11.0 Å². The van der Waals surface area contributed by atoms with Gasteiger partial charge in [-0.1, -0.05) is 6.07 Å². The average molecular weight is 270 g/mol. The number of hydrogen-bond acceptors (Lipinski definition) is 3. The van der Waals surface area contributed by atoms with E-state index in [1.165, 1.54) is 12.1 Å². The summed E-state index contributed by atoms with van der Waals surface area (Å²) in [6.45, 7) is 3.17. The second-order valence-electron chi connectivity index (χ2n) is 4.57. The van der Waals surface area contributed by atoms with Gasteiger partial charge in [0.15, 0.2) is 5.82 Å². The molecule has 0 amide bonds. The highest BCUT2D eigenvalue weighted by atomic mass is 19.1. The van der Waals surface area contributed by atoms with E-state index in [4.69, 9.17) is 5.73 Å². The number of nitrogens with two attached hydrogens (primary N) is 1. The molecule has 0 unspecified atom stereocenters. The predicted molar refractivity (Wildman–Crippen MR) is 76.5 cm³/mol. The van der Waals surface area contributed by atoms with Gasteiger partial charge in [0.1, 0.15) is 11.5 Å². The average Bonchev–Trinajstić information content (AvgIpc) is 2.85. The van der Waals surface area contributed by atoms with E-state index in [1.54, 1.807) is 12.3 Å². The maximum atomic E-state index is 13.4. The number of fused-ring (bicyclic) bond motifs is 1. The summed E-state index contributed by atoms with van der Waals surface area (Å²) in [6, 6.07) is 8.44. The summed E-state index contributed by atoms with van der Waals surface area (Å²) in [5, 5.41) is 0. The van der Waals surface area contributed by atoms with Crippen molar-refractivity contribution in [1.29, 1.82) is 0 Å². The second kappa shape index (κ2) is 5.02. The normalized spacial score (nSPS) is 11.2. The van der Waals surface area contributed by atoms with E-state index in [0.717, 1.165) is 28.1 Å². The number of benzene rings is 1. The van der Waals surface area contributed by atoms with Gasteiger partial charge in [0.05, 0.1) is 11.0 Å². The molecule has 0 saturated heterocycles. The van der Waals surface area contributed by atoms with E-state index in [1.807, 2.05) is 23.6 Å². The number of aromatic nitrogens is 3. The number of rotatable bonds is 3. The van der Waals surface area contributed by atoms with E-state index in [9.17, 15) is 4.39 Å². The Labute approximate surface area is 116 Å². The fraction of sp³-hybridized carbons (Fsp3) is 0.200. The molecule has 0 bridgehead atoms. The lowest BCUT2D eigenvalue weighted by Crippen LogP contribution is -2.01. The van der Waals surface area contributed by atoms with Crippen molar-refractivity contribution < 1.29 is 4.39 Å². The van der Waals surface area contributed by atoms with Crippen LogP contribution in [0.4, 0.5) is 4.39 Å². The summed E-state index contributed by atoms with van der Waals surface area (Å²) in [6.07, 6.45) is 1.75. The maximum absolute atomic E-state index is 13.4. The largest absolute Gasteiger partial charge is 0.326 e. The molecule has 0 radical (unpaired) electrons. The van der Waals surface area contributed by atoms with Crippen LogP contribution in [0.3, 0.4) is 0 Å². The molecule has 0 aliphatic heterocycles. The number of hydrogen-bond donors (Lipinski definition) is 1. The molecule has 0 fully saturated rings. The van der Waals surface area contributed by atoms with E-state index in [0.29, 0.717) is 13.1 Å². The molecule has 1 aromatic carbocycles. The second-order valence-corrected chi connectivity index (χ2v) is 4.57. The van der Waals surface area contributed by atoms with Gasteiger partial charge in [0.25, 0.3) is 0 Å². The minimum absolute atomic E-state index is 0.259. The highest BCUT2D eigenvalue weighted by Crippen LogP contribution is 2.24. The third-order valence-corrected chi connectivity index (χ3v) is 3.32. The van der Waals surface area contributed by atoms with Gasteiger partial charge in [-0.3, -0.25) is 4.98 Å².